The van der Waals surface area contributed by atoms with E-state index in [1.54, 1.807) is 19.1 Å². The van der Waals surface area contributed by atoms with Crippen LogP contribution in [0.25, 0.3) is 0 Å². The van der Waals surface area contributed by atoms with Crippen LogP contribution in [0.15, 0.2) is 12.1 Å². The van der Waals surface area contributed by atoms with Gasteiger partial charge in [0.15, 0.2) is 0 Å². The average Bonchev–Trinajstić information content (AvgIpc) is 2.21. The molecule has 5 heteroatoms. The van der Waals surface area contributed by atoms with Crippen LogP contribution in [0.4, 0.5) is 0 Å². The molecule has 3 nitrogen and oxygen atoms in total. The fourth-order valence-corrected chi connectivity index (χ4v) is 2.72. The van der Waals surface area contributed by atoms with Crippen LogP contribution in [-0.2, 0) is 0 Å². The van der Waals surface area contributed by atoms with E-state index in [1.165, 1.54) is 0 Å². The van der Waals surface area contributed by atoms with E-state index in [9.17, 15) is 9.90 Å². The molecule has 0 saturated heterocycles. The number of hydrogen-bond acceptors (Lipinski definition) is 2. The summed E-state index contributed by atoms with van der Waals surface area (Å²) in [5.74, 6) is -0.700. The zero-order valence-electron chi connectivity index (χ0n) is 12.3. The predicted molar refractivity (Wildman–Crippen MR) is 81.0 cm³/mol. The maximum Gasteiger partial charge on any atom is 0.339 e. The van der Waals surface area contributed by atoms with Gasteiger partial charge in [-0.3, -0.25) is 0 Å². The van der Waals surface area contributed by atoms with Gasteiger partial charge in [-0.1, -0.05) is 38.4 Å². The summed E-state index contributed by atoms with van der Waals surface area (Å²) in [7, 11) is -2.13. The Hall–Kier alpha value is -1.00. The molecule has 0 saturated carbocycles. The van der Waals surface area contributed by atoms with E-state index in [-0.39, 0.29) is 10.6 Å². The summed E-state index contributed by atoms with van der Waals surface area (Å²) in [6, 6.07) is 3.39. The summed E-state index contributed by atoms with van der Waals surface area (Å²) in [6.07, 6.45) is 0. The number of carboxylic acid groups (broad SMARTS) is 1. The van der Waals surface area contributed by atoms with Crippen LogP contribution in [0.1, 0.15) is 36.7 Å². The lowest BCUT2D eigenvalue weighted by Crippen LogP contribution is -2.44. The second kappa shape index (κ2) is 5.17. The summed E-state index contributed by atoms with van der Waals surface area (Å²) >= 11 is 6.14. The van der Waals surface area contributed by atoms with Gasteiger partial charge in [0.05, 0.1) is 5.02 Å². The number of aromatic carboxylic acids is 1. The van der Waals surface area contributed by atoms with Gasteiger partial charge in [0.2, 0.25) is 0 Å². The van der Waals surface area contributed by atoms with Crippen molar-refractivity contribution < 1.29 is 14.3 Å². The highest BCUT2D eigenvalue weighted by Gasteiger charge is 2.40. The summed E-state index contributed by atoms with van der Waals surface area (Å²) in [4.78, 5) is 11.4. The molecule has 0 atom stereocenters. The molecule has 1 N–H and O–H groups in total. The Morgan fingerprint density at radius 2 is 1.84 bits per heavy atom. The van der Waals surface area contributed by atoms with Crippen molar-refractivity contribution in [2.75, 3.05) is 0 Å². The molecule has 1 aromatic carbocycles. The fourth-order valence-electron chi connectivity index (χ4n) is 1.43. The second-order valence-electron chi connectivity index (χ2n) is 6.24. The largest absolute Gasteiger partial charge is 0.542 e. The first-order valence-corrected chi connectivity index (χ1v) is 9.47. The topological polar surface area (TPSA) is 46.5 Å². The molecule has 0 amide bonds. The van der Waals surface area contributed by atoms with Gasteiger partial charge in [-0.2, -0.15) is 0 Å². The van der Waals surface area contributed by atoms with Crippen LogP contribution in [0.2, 0.25) is 23.2 Å². The highest BCUT2D eigenvalue weighted by molar-refractivity contribution is 6.74. The van der Waals surface area contributed by atoms with Crippen LogP contribution < -0.4 is 4.43 Å². The summed E-state index contributed by atoms with van der Waals surface area (Å²) in [5, 5.41) is 9.68. The predicted octanol–water partition coefficient (Wildman–Crippen LogP) is 4.73. The molecule has 0 aliphatic carbocycles. The number of carboxylic acids is 1. The standard InChI is InChI=1S/C14H21ClO3Si/c1-9-7-8-10(15)12(11(9)13(16)17)18-19(5,6)14(2,3)4/h7-8H,1-6H3,(H,16,17). The Bertz CT molecular complexity index is 504. The number of benzene rings is 1. The SMILES string of the molecule is Cc1ccc(Cl)c(O[Si](C)(C)C(C)(C)C)c1C(=O)O. The van der Waals surface area contributed by atoms with Gasteiger partial charge >= 0.3 is 5.97 Å². The van der Waals surface area contributed by atoms with Crippen molar-refractivity contribution in [2.45, 2.75) is 45.8 Å². The third kappa shape index (κ3) is 3.31. The maximum atomic E-state index is 11.4. The van der Waals surface area contributed by atoms with Gasteiger partial charge in [0, 0.05) is 0 Å². The minimum absolute atomic E-state index is 0.0180. The molecule has 0 aliphatic rings. The molecule has 0 aliphatic heterocycles. The molecule has 0 unspecified atom stereocenters. The van der Waals surface area contributed by atoms with E-state index >= 15 is 0 Å². The Balaban J connectivity index is 3.36. The van der Waals surface area contributed by atoms with Gasteiger partial charge in [-0.05, 0) is 36.7 Å². The van der Waals surface area contributed by atoms with Gasteiger partial charge < -0.3 is 9.53 Å². The number of carbonyl (C=O) groups is 1. The Morgan fingerprint density at radius 3 is 2.26 bits per heavy atom. The van der Waals surface area contributed by atoms with Gasteiger partial charge in [0.1, 0.15) is 11.3 Å². The number of rotatable bonds is 3. The normalized spacial score (nSPS) is 12.4. The Kier molecular flexibility index (Phi) is 4.37. The van der Waals surface area contributed by atoms with Crippen molar-refractivity contribution in [3.8, 4) is 5.75 Å². The highest BCUT2D eigenvalue weighted by Crippen LogP contribution is 2.41. The van der Waals surface area contributed by atoms with E-state index in [4.69, 9.17) is 16.0 Å². The lowest BCUT2D eigenvalue weighted by molar-refractivity contribution is 0.0694. The third-order valence-electron chi connectivity index (χ3n) is 3.70. The summed E-state index contributed by atoms with van der Waals surface area (Å²) in [6.45, 7) is 12.2. The average molecular weight is 301 g/mol. The molecule has 0 heterocycles. The minimum atomic E-state index is -2.13. The molecule has 1 aromatic rings. The highest BCUT2D eigenvalue weighted by atomic mass is 35.5. The van der Waals surface area contributed by atoms with Crippen molar-refractivity contribution in [1.82, 2.24) is 0 Å². The number of hydrogen-bond donors (Lipinski definition) is 1. The van der Waals surface area contributed by atoms with E-state index in [1.807, 2.05) is 0 Å². The first-order chi connectivity index (χ1) is 8.47. The smallest absolute Gasteiger partial charge is 0.339 e. The lowest BCUT2D eigenvalue weighted by atomic mass is 10.1. The van der Waals surface area contributed by atoms with Gasteiger partial charge in [-0.25, -0.2) is 4.79 Å². The molecule has 1 rings (SSSR count). The first-order valence-electron chi connectivity index (χ1n) is 6.19. The second-order valence-corrected chi connectivity index (χ2v) is 11.4. The zero-order chi connectivity index (χ0) is 15.0. The van der Waals surface area contributed by atoms with E-state index in [0.717, 1.165) is 0 Å². The van der Waals surface area contributed by atoms with Gasteiger partial charge in [-0.15, -0.1) is 0 Å². The molecule has 0 fully saturated rings. The van der Waals surface area contributed by atoms with Crippen LogP contribution in [0.5, 0.6) is 5.75 Å². The van der Waals surface area contributed by atoms with Gasteiger partial charge in [0.25, 0.3) is 8.32 Å². The molecule has 106 valence electrons. The van der Waals surface area contributed by atoms with Crippen LogP contribution in [-0.4, -0.2) is 19.4 Å². The van der Waals surface area contributed by atoms with E-state index in [2.05, 4.69) is 33.9 Å². The fraction of sp³-hybridized carbons (Fsp3) is 0.500. The van der Waals surface area contributed by atoms with Crippen molar-refractivity contribution >= 4 is 25.9 Å². The summed E-state index contributed by atoms with van der Waals surface area (Å²) in [5.41, 5.74) is 0.822. The van der Waals surface area contributed by atoms with Crippen molar-refractivity contribution in [1.29, 1.82) is 0 Å². The Labute approximate surface area is 120 Å². The van der Waals surface area contributed by atoms with E-state index in [0.29, 0.717) is 16.3 Å². The third-order valence-corrected chi connectivity index (χ3v) is 8.32. The summed E-state index contributed by atoms with van der Waals surface area (Å²) < 4.78 is 6.10. The molecule has 19 heavy (non-hydrogen) atoms. The quantitative estimate of drug-likeness (QED) is 0.821. The zero-order valence-corrected chi connectivity index (χ0v) is 14.1. The minimum Gasteiger partial charge on any atom is -0.542 e. The molecule has 0 radical (unpaired) electrons. The molecule has 0 bridgehead atoms. The number of halogens is 1. The van der Waals surface area contributed by atoms with Crippen LogP contribution >= 0.6 is 11.6 Å². The number of aryl methyl sites for hydroxylation is 1. The monoisotopic (exact) mass is 300 g/mol. The van der Waals surface area contributed by atoms with Crippen LogP contribution in [0, 0.1) is 6.92 Å². The molecule has 0 aromatic heterocycles. The lowest BCUT2D eigenvalue weighted by Gasteiger charge is -2.37. The first kappa shape index (κ1) is 16.1. The van der Waals surface area contributed by atoms with Crippen molar-refractivity contribution in [3.63, 3.8) is 0 Å². The van der Waals surface area contributed by atoms with Crippen molar-refractivity contribution in [3.05, 3.63) is 28.3 Å². The van der Waals surface area contributed by atoms with Crippen molar-refractivity contribution in [2.24, 2.45) is 0 Å². The van der Waals surface area contributed by atoms with Crippen LogP contribution in [0.3, 0.4) is 0 Å². The maximum absolute atomic E-state index is 11.4. The Morgan fingerprint density at radius 1 is 1.32 bits per heavy atom. The molecular weight excluding hydrogens is 280 g/mol. The molecular formula is C14H21ClO3Si. The van der Waals surface area contributed by atoms with E-state index < -0.39 is 14.3 Å². The molecule has 0 spiro atoms.